The van der Waals surface area contributed by atoms with Gasteiger partial charge in [-0.15, -0.1) is 0 Å². The molecule has 0 spiro atoms. The maximum atomic E-state index is 13.2. The summed E-state index contributed by atoms with van der Waals surface area (Å²) in [5.74, 6) is 2.20. The van der Waals surface area contributed by atoms with E-state index in [0.717, 1.165) is 60.7 Å². The first-order chi connectivity index (χ1) is 19.1. The fourth-order valence-corrected chi connectivity index (χ4v) is 5.34. The molecule has 10 heteroatoms. The summed E-state index contributed by atoms with van der Waals surface area (Å²) in [5.41, 5.74) is 4.30. The number of fused-ring (bicyclic) bond motifs is 2. The van der Waals surface area contributed by atoms with Gasteiger partial charge in [-0.25, -0.2) is 9.97 Å². The van der Waals surface area contributed by atoms with Crippen molar-refractivity contribution in [2.45, 2.75) is 33.2 Å². The fraction of sp³-hybridized carbons (Fsp3) is 0.345. The molecule has 0 saturated carbocycles. The van der Waals surface area contributed by atoms with Gasteiger partial charge in [0.1, 0.15) is 12.2 Å². The molecule has 0 bridgehead atoms. The first-order valence-electron chi connectivity index (χ1n) is 13.7. The van der Waals surface area contributed by atoms with Crippen LogP contribution in [0.1, 0.15) is 32.5 Å². The van der Waals surface area contributed by atoms with Crippen LogP contribution in [0.4, 0.5) is 11.8 Å². The number of amides is 1. The highest BCUT2D eigenvalue weighted by Gasteiger charge is 2.30. The van der Waals surface area contributed by atoms with E-state index in [4.69, 9.17) is 19.9 Å². The lowest BCUT2D eigenvalue weighted by molar-refractivity contribution is -0.135. The zero-order valence-corrected chi connectivity index (χ0v) is 22.3. The molecule has 5 aromatic rings. The number of hydrogen-bond acceptors (Lipinski definition) is 7. The topological polar surface area (TPSA) is 108 Å². The van der Waals surface area contributed by atoms with Gasteiger partial charge in [0, 0.05) is 31.9 Å². The third kappa shape index (κ3) is 4.89. The normalized spacial score (nSPS) is 15.6. The van der Waals surface area contributed by atoms with Crippen molar-refractivity contribution in [1.29, 1.82) is 0 Å². The standard InChI is InChI=1S/C29H33N9O/c1-3-36(4-2)28(39)20-11-10-16-37(18-20)29-34-26(30-17-24-32-22-14-8-9-15-23(22)33-24)25-27(35-29)38(19-31-25)21-12-6-5-7-13-21/h5-9,12-15,19-20H,3-4,10-11,16-18H2,1-2H3,(H,32,33)(H,30,34,35). The molecule has 1 atom stereocenters. The molecule has 3 aromatic heterocycles. The minimum Gasteiger partial charge on any atom is -0.361 e. The minimum absolute atomic E-state index is 0.0658. The minimum atomic E-state index is -0.0658. The van der Waals surface area contributed by atoms with E-state index in [0.29, 0.717) is 30.4 Å². The summed E-state index contributed by atoms with van der Waals surface area (Å²) in [6.07, 6.45) is 3.58. The summed E-state index contributed by atoms with van der Waals surface area (Å²) < 4.78 is 1.98. The zero-order chi connectivity index (χ0) is 26.8. The number of imidazole rings is 2. The Morgan fingerprint density at radius 2 is 1.85 bits per heavy atom. The lowest BCUT2D eigenvalue weighted by atomic mass is 9.96. The SMILES string of the molecule is CCN(CC)C(=O)C1CCCN(c2nc(NCc3nc4ccccc4[nH]3)c3ncn(-c4ccccc4)c3n2)C1. The lowest BCUT2D eigenvalue weighted by Crippen LogP contribution is -2.45. The van der Waals surface area contributed by atoms with Crippen molar-refractivity contribution in [3.05, 3.63) is 66.7 Å². The number of para-hydroxylation sites is 3. The molecule has 1 fully saturated rings. The Hall–Kier alpha value is -4.47. The summed E-state index contributed by atoms with van der Waals surface area (Å²) in [4.78, 5) is 39.9. The van der Waals surface area contributed by atoms with E-state index in [1.54, 1.807) is 6.33 Å². The van der Waals surface area contributed by atoms with Gasteiger partial charge in [0.2, 0.25) is 11.9 Å². The Bertz CT molecular complexity index is 1560. The van der Waals surface area contributed by atoms with Crippen LogP contribution in [0, 0.1) is 5.92 Å². The highest BCUT2D eigenvalue weighted by Crippen LogP contribution is 2.28. The molecule has 10 nitrogen and oxygen atoms in total. The van der Waals surface area contributed by atoms with E-state index < -0.39 is 0 Å². The van der Waals surface area contributed by atoms with Gasteiger partial charge in [-0.05, 0) is 51.0 Å². The number of piperidine rings is 1. The molecule has 1 aliphatic heterocycles. The summed E-state index contributed by atoms with van der Waals surface area (Å²) in [7, 11) is 0. The number of H-pyrrole nitrogens is 1. The maximum Gasteiger partial charge on any atom is 0.229 e. The number of aromatic amines is 1. The number of hydrogen-bond donors (Lipinski definition) is 2. The third-order valence-electron chi connectivity index (χ3n) is 7.41. The molecule has 4 heterocycles. The lowest BCUT2D eigenvalue weighted by Gasteiger charge is -2.34. The summed E-state index contributed by atoms with van der Waals surface area (Å²) in [6.45, 7) is 7.37. The van der Waals surface area contributed by atoms with Crippen LogP contribution in [0.5, 0.6) is 0 Å². The van der Waals surface area contributed by atoms with Gasteiger partial charge in [0.25, 0.3) is 0 Å². The van der Waals surface area contributed by atoms with Gasteiger partial charge in [-0.3, -0.25) is 9.36 Å². The largest absolute Gasteiger partial charge is 0.361 e. The molecule has 1 amide bonds. The van der Waals surface area contributed by atoms with Crippen molar-refractivity contribution in [2.24, 2.45) is 5.92 Å². The van der Waals surface area contributed by atoms with Crippen LogP contribution in [-0.4, -0.2) is 66.5 Å². The van der Waals surface area contributed by atoms with Crippen LogP contribution in [-0.2, 0) is 11.3 Å². The number of nitrogens with one attached hydrogen (secondary N) is 2. The van der Waals surface area contributed by atoms with Gasteiger partial charge >= 0.3 is 0 Å². The first kappa shape index (κ1) is 24.8. The van der Waals surface area contributed by atoms with Crippen molar-refractivity contribution >= 4 is 39.9 Å². The van der Waals surface area contributed by atoms with E-state index in [9.17, 15) is 4.79 Å². The molecule has 2 N–H and O–H groups in total. The molecule has 1 unspecified atom stereocenters. The number of carbonyl (C=O) groups excluding carboxylic acids is 1. The smallest absolute Gasteiger partial charge is 0.229 e. The molecule has 6 rings (SSSR count). The van der Waals surface area contributed by atoms with Crippen molar-refractivity contribution in [2.75, 3.05) is 36.4 Å². The quantitative estimate of drug-likeness (QED) is 0.311. The van der Waals surface area contributed by atoms with E-state index in [1.807, 2.05) is 77.9 Å². The Labute approximate surface area is 227 Å². The monoisotopic (exact) mass is 523 g/mol. The van der Waals surface area contributed by atoms with Crippen LogP contribution in [0.3, 0.4) is 0 Å². The average Bonchev–Trinajstić information content (AvgIpc) is 3.61. The molecule has 0 radical (unpaired) electrons. The van der Waals surface area contributed by atoms with E-state index >= 15 is 0 Å². The number of nitrogens with zero attached hydrogens (tertiary/aromatic N) is 7. The maximum absolute atomic E-state index is 13.2. The van der Waals surface area contributed by atoms with Gasteiger partial charge in [-0.2, -0.15) is 9.97 Å². The number of carbonyl (C=O) groups is 1. The summed E-state index contributed by atoms with van der Waals surface area (Å²) >= 11 is 0. The van der Waals surface area contributed by atoms with E-state index in [1.165, 1.54) is 0 Å². The number of anilines is 2. The molecule has 1 aliphatic rings. The van der Waals surface area contributed by atoms with E-state index in [2.05, 4.69) is 15.2 Å². The Morgan fingerprint density at radius 3 is 2.64 bits per heavy atom. The third-order valence-corrected chi connectivity index (χ3v) is 7.41. The van der Waals surface area contributed by atoms with Crippen LogP contribution < -0.4 is 10.2 Å². The second kappa shape index (κ2) is 10.7. The Morgan fingerprint density at radius 1 is 1.05 bits per heavy atom. The van der Waals surface area contributed by atoms with E-state index in [-0.39, 0.29) is 11.8 Å². The predicted molar refractivity (Wildman–Crippen MR) is 153 cm³/mol. The molecule has 200 valence electrons. The van der Waals surface area contributed by atoms with Crippen LogP contribution in [0.2, 0.25) is 0 Å². The summed E-state index contributed by atoms with van der Waals surface area (Å²) in [5, 5.41) is 3.46. The van der Waals surface area contributed by atoms with Crippen LogP contribution >= 0.6 is 0 Å². The van der Waals surface area contributed by atoms with Gasteiger partial charge in [0.05, 0.1) is 23.5 Å². The fourth-order valence-electron chi connectivity index (χ4n) is 5.34. The molecule has 2 aromatic carbocycles. The van der Waals surface area contributed by atoms with Crippen molar-refractivity contribution in [1.82, 2.24) is 34.4 Å². The molecule has 1 saturated heterocycles. The van der Waals surface area contributed by atoms with Crippen molar-refractivity contribution < 1.29 is 4.79 Å². The zero-order valence-electron chi connectivity index (χ0n) is 22.3. The van der Waals surface area contributed by atoms with Gasteiger partial charge < -0.3 is 20.1 Å². The number of rotatable bonds is 8. The average molecular weight is 524 g/mol. The predicted octanol–water partition coefficient (Wildman–Crippen LogP) is 4.39. The molecular formula is C29H33N9O. The van der Waals surface area contributed by atoms with Crippen molar-refractivity contribution in [3.8, 4) is 5.69 Å². The highest BCUT2D eigenvalue weighted by molar-refractivity contribution is 5.86. The highest BCUT2D eigenvalue weighted by atomic mass is 16.2. The first-order valence-corrected chi connectivity index (χ1v) is 13.7. The Balaban J connectivity index is 1.35. The Kier molecular flexibility index (Phi) is 6.83. The molecule has 0 aliphatic carbocycles. The second-order valence-electron chi connectivity index (χ2n) is 9.84. The summed E-state index contributed by atoms with van der Waals surface area (Å²) in [6, 6.07) is 18.0. The molecular weight excluding hydrogens is 490 g/mol. The second-order valence-corrected chi connectivity index (χ2v) is 9.84. The number of benzene rings is 2. The van der Waals surface area contributed by atoms with Crippen LogP contribution in [0.15, 0.2) is 60.9 Å². The molecule has 39 heavy (non-hydrogen) atoms. The van der Waals surface area contributed by atoms with Gasteiger partial charge in [0.15, 0.2) is 17.0 Å². The number of aromatic nitrogens is 6. The van der Waals surface area contributed by atoms with Crippen molar-refractivity contribution in [3.63, 3.8) is 0 Å². The van der Waals surface area contributed by atoms with Gasteiger partial charge in [-0.1, -0.05) is 30.3 Å². The van der Waals surface area contributed by atoms with Crippen LogP contribution in [0.25, 0.3) is 27.9 Å².